The van der Waals surface area contributed by atoms with Crippen LogP contribution >= 0.6 is 15.9 Å². The zero-order valence-electron chi connectivity index (χ0n) is 9.29. The molecule has 0 aromatic carbocycles. The maximum atomic E-state index is 11.7. The predicted octanol–water partition coefficient (Wildman–Crippen LogP) is 1.47. The summed E-state index contributed by atoms with van der Waals surface area (Å²) in [6, 6.07) is 0.812. The topological polar surface area (TPSA) is 23.6 Å². The molecule has 2 fully saturated rings. The highest BCUT2D eigenvalue weighted by molar-refractivity contribution is 9.10. The fraction of sp³-hybridized carbons (Fsp3) is 0.909. The van der Waals surface area contributed by atoms with Gasteiger partial charge in [0, 0.05) is 25.7 Å². The van der Waals surface area contributed by atoms with E-state index in [1.54, 1.807) is 0 Å². The Morgan fingerprint density at radius 1 is 1.47 bits per heavy atom. The van der Waals surface area contributed by atoms with Crippen molar-refractivity contribution in [3.8, 4) is 0 Å². The summed E-state index contributed by atoms with van der Waals surface area (Å²) in [7, 11) is 0. The van der Waals surface area contributed by atoms with Gasteiger partial charge in [-0.2, -0.15) is 0 Å². The van der Waals surface area contributed by atoms with Crippen molar-refractivity contribution < 1.29 is 4.79 Å². The molecule has 15 heavy (non-hydrogen) atoms. The first-order valence-electron chi connectivity index (χ1n) is 5.89. The molecule has 0 bridgehead atoms. The average Bonchev–Trinajstić information content (AvgIpc) is 3.01. The van der Waals surface area contributed by atoms with Gasteiger partial charge in [0.15, 0.2) is 0 Å². The van der Waals surface area contributed by atoms with Crippen LogP contribution in [0.5, 0.6) is 0 Å². The number of rotatable bonds is 5. The Morgan fingerprint density at radius 3 is 2.67 bits per heavy atom. The molecule has 0 aromatic heterocycles. The van der Waals surface area contributed by atoms with Gasteiger partial charge >= 0.3 is 0 Å². The lowest BCUT2D eigenvalue weighted by Gasteiger charge is -2.23. The number of likely N-dealkylation sites (N-methyl/N-ethyl adjacent to an activating group) is 1. The SMILES string of the molecule is CCN(CCN1CCC(Br)C1=O)C1CC1. The Hall–Kier alpha value is -0.0900. The quantitative estimate of drug-likeness (QED) is 0.709. The van der Waals surface area contributed by atoms with Crippen LogP contribution in [0.15, 0.2) is 0 Å². The summed E-state index contributed by atoms with van der Waals surface area (Å²) in [6.45, 7) is 6.21. The number of alkyl halides is 1. The summed E-state index contributed by atoms with van der Waals surface area (Å²) in [6.07, 6.45) is 3.67. The van der Waals surface area contributed by atoms with Crippen molar-refractivity contribution in [1.29, 1.82) is 0 Å². The molecule has 4 heteroatoms. The Labute approximate surface area is 99.9 Å². The minimum absolute atomic E-state index is 0.0773. The molecule has 0 aromatic rings. The molecule has 1 saturated carbocycles. The molecule has 2 rings (SSSR count). The molecular weight excluding hydrogens is 256 g/mol. The summed E-state index contributed by atoms with van der Waals surface area (Å²) in [5, 5.41) is 0. The zero-order valence-corrected chi connectivity index (χ0v) is 10.9. The van der Waals surface area contributed by atoms with E-state index in [1.807, 2.05) is 4.90 Å². The lowest BCUT2D eigenvalue weighted by Crippen LogP contribution is -2.37. The smallest absolute Gasteiger partial charge is 0.236 e. The number of hydrogen-bond acceptors (Lipinski definition) is 2. The van der Waals surface area contributed by atoms with Crippen molar-refractivity contribution in [2.24, 2.45) is 0 Å². The molecule has 2 aliphatic rings. The van der Waals surface area contributed by atoms with Gasteiger partial charge in [-0.3, -0.25) is 9.69 Å². The molecule has 0 radical (unpaired) electrons. The summed E-state index contributed by atoms with van der Waals surface area (Å²) < 4.78 is 0. The standard InChI is InChI=1S/C11H19BrN2O/c1-2-13(9-3-4-9)7-8-14-6-5-10(12)11(14)15/h9-10H,2-8H2,1H3. The van der Waals surface area contributed by atoms with Crippen LogP contribution in [-0.2, 0) is 4.79 Å². The highest BCUT2D eigenvalue weighted by atomic mass is 79.9. The van der Waals surface area contributed by atoms with Crippen LogP contribution in [0.4, 0.5) is 0 Å². The van der Waals surface area contributed by atoms with Gasteiger partial charge in [0.2, 0.25) is 5.91 Å². The number of hydrogen-bond donors (Lipinski definition) is 0. The first-order valence-corrected chi connectivity index (χ1v) is 6.81. The summed E-state index contributed by atoms with van der Waals surface area (Å²) in [4.78, 5) is 16.2. The Kier molecular flexibility index (Phi) is 3.67. The van der Waals surface area contributed by atoms with E-state index in [0.717, 1.165) is 38.6 Å². The van der Waals surface area contributed by atoms with Crippen LogP contribution in [0.2, 0.25) is 0 Å². The van der Waals surface area contributed by atoms with Gasteiger partial charge in [-0.25, -0.2) is 0 Å². The first kappa shape index (κ1) is 11.4. The highest BCUT2D eigenvalue weighted by Crippen LogP contribution is 2.26. The maximum absolute atomic E-state index is 11.7. The minimum atomic E-state index is 0.0773. The largest absolute Gasteiger partial charge is 0.340 e. The van der Waals surface area contributed by atoms with Crippen LogP contribution in [0.25, 0.3) is 0 Å². The second-order valence-electron chi connectivity index (χ2n) is 4.44. The Bertz CT molecular complexity index is 243. The molecule has 1 saturated heterocycles. The molecule has 0 spiro atoms. The summed E-state index contributed by atoms with van der Waals surface area (Å²) >= 11 is 3.40. The van der Waals surface area contributed by atoms with E-state index in [9.17, 15) is 4.79 Å². The van der Waals surface area contributed by atoms with Crippen LogP contribution in [-0.4, -0.2) is 52.8 Å². The molecule has 1 amide bonds. The van der Waals surface area contributed by atoms with Gasteiger partial charge in [-0.15, -0.1) is 0 Å². The number of amides is 1. The molecule has 1 atom stereocenters. The fourth-order valence-corrected chi connectivity index (χ4v) is 2.70. The molecule has 1 heterocycles. The van der Waals surface area contributed by atoms with Crippen LogP contribution in [0.3, 0.4) is 0 Å². The Balaban J connectivity index is 1.74. The third-order valence-electron chi connectivity index (χ3n) is 3.36. The predicted molar refractivity (Wildman–Crippen MR) is 64.2 cm³/mol. The van der Waals surface area contributed by atoms with Gasteiger partial charge in [0.25, 0.3) is 0 Å². The molecule has 1 aliphatic carbocycles. The third-order valence-corrected chi connectivity index (χ3v) is 4.21. The zero-order chi connectivity index (χ0) is 10.8. The monoisotopic (exact) mass is 274 g/mol. The lowest BCUT2D eigenvalue weighted by molar-refractivity contribution is -0.127. The molecular formula is C11H19BrN2O. The molecule has 3 nitrogen and oxygen atoms in total. The number of halogens is 1. The van der Waals surface area contributed by atoms with Crippen LogP contribution in [0, 0.1) is 0 Å². The molecule has 0 N–H and O–H groups in total. The van der Waals surface area contributed by atoms with E-state index >= 15 is 0 Å². The third kappa shape index (κ3) is 2.72. The van der Waals surface area contributed by atoms with Gasteiger partial charge in [0.1, 0.15) is 0 Å². The summed E-state index contributed by atoms with van der Waals surface area (Å²) in [5.41, 5.74) is 0. The van der Waals surface area contributed by atoms with Crippen molar-refractivity contribution >= 4 is 21.8 Å². The molecule has 1 aliphatic heterocycles. The van der Waals surface area contributed by atoms with E-state index < -0.39 is 0 Å². The van der Waals surface area contributed by atoms with Gasteiger partial charge in [0.05, 0.1) is 4.83 Å². The molecule has 1 unspecified atom stereocenters. The number of carbonyl (C=O) groups is 1. The van der Waals surface area contributed by atoms with E-state index in [0.29, 0.717) is 0 Å². The normalized spacial score (nSPS) is 26.7. The number of carbonyl (C=O) groups excluding carboxylic acids is 1. The lowest BCUT2D eigenvalue weighted by atomic mass is 10.4. The fourth-order valence-electron chi connectivity index (χ4n) is 2.21. The van der Waals surface area contributed by atoms with Crippen LogP contribution in [0.1, 0.15) is 26.2 Å². The average molecular weight is 275 g/mol. The van der Waals surface area contributed by atoms with Crippen molar-refractivity contribution in [3.63, 3.8) is 0 Å². The van der Waals surface area contributed by atoms with Gasteiger partial charge in [-0.05, 0) is 25.8 Å². The minimum Gasteiger partial charge on any atom is -0.340 e. The van der Waals surface area contributed by atoms with Crippen molar-refractivity contribution in [3.05, 3.63) is 0 Å². The maximum Gasteiger partial charge on any atom is 0.236 e. The van der Waals surface area contributed by atoms with E-state index in [2.05, 4.69) is 27.8 Å². The Morgan fingerprint density at radius 2 is 2.20 bits per heavy atom. The van der Waals surface area contributed by atoms with Crippen LogP contribution < -0.4 is 0 Å². The number of likely N-dealkylation sites (tertiary alicyclic amines) is 1. The first-order chi connectivity index (χ1) is 7.22. The van der Waals surface area contributed by atoms with Crippen molar-refractivity contribution in [2.75, 3.05) is 26.2 Å². The van der Waals surface area contributed by atoms with E-state index in [1.165, 1.54) is 12.8 Å². The second-order valence-corrected chi connectivity index (χ2v) is 5.55. The van der Waals surface area contributed by atoms with Crippen molar-refractivity contribution in [1.82, 2.24) is 9.80 Å². The highest BCUT2D eigenvalue weighted by Gasteiger charge is 2.31. The number of nitrogens with zero attached hydrogens (tertiary/aromatic N) is 2. The molecule has 86 valence electrons. The second kappa shape index (κ2) is 4.83. The summed E-state index contributed by atoms with van der Waals surface area (Å²) in [5.74, 6) is 0.279. The van der Waals surface area contributed by atoms with E-state index in [4.69, 9.17) is 0 Å². The van der Waals surface area contributed by atoms with Gasteiger partial charge in [-0.1, -0.05) is 22.9 Å². The van der Waals surface area contributed by atoms with E-state index in [-0.39, 0.29) is 10.7 Å². The van der Waals surface area contributed by atoms with Gasteiger partial charge < -0.3 is 4.90 Å². The van der Waals surface area contributed by atoms with Crippen molar-refractivity contribution in [2.45, 2.75) is 37.1 Å².